The zero-order chi connectivity index (χ0) is 14.0. The van der Waals surface area contributed by atoms with Crippen LogP contribution in [0.1, 0.15) is 32.3 Å². The molecule has 1 unspecified atom stereocenters. The average molecular weight is 265 g/mol. The zero-order valence-corrected chi connectivity index (χ0v) is 12.2. The largest absolute Gasteiger partial charge is 0.394 e. The molecule has 3 heteroatoms. The molecule has 0 spiro atoms. The summed E-state index contributed by atoms with van der Waals surface area (Å²) >= 11 is 0. The number of benzene rings is 1. The van der Waals surface area contributed by atoms with Crippen molar-refractivity contribution in [1.82, 2.24) is 5.32 Å². The van der Waals surface area contributed by atoms with Crippen LogP contribution in [0.3, 0.4) is 0 Å². The maximum absolute atomic E-state index is 9.40. The molecular weight excluding hydrogens is 238 g/mol. The van der Waals surface area contributed by atoms with Crippen LogP contribution in [0.4, 0.5) is 0 Å². The Bertz CT molecular complexity index is 329. The molecule has 19 heavy (non-hydrogen) atoms. The number of aliphatic hydroxyl groups excluding tert-OH is 1. The van der Waals surface area contributed by atoms with E-state index >= 15 is 0 Å². The van der Waals surface area contributed by atoms with Crippen LogP contribution in [0.15, 0.2) is 30.3 Å². The van der Waals surface area contributed by atoms with E-state index in [-0.39, 0.29) is 12.1 Å². The molecule has 0 saturated heterocycles. The molecule has 0 fully saturated rings. The topological polar surface area (TPSA) is 41.5 Å². The zero-order valence-electron chi connectivity index (χ0n) is 12.2. The first-order valence-corrected chi connectivity index (χ1v) is 7.18. The smallest absolute Gasteiger partial charge is 0.0668 e. The highest BCUT2D eigenvalue weighted by atomic mass is 16.5. The SMILES string of the molecule is CCCNC(C)(CO)COCCCc1ccccc1. The van der Waals surface area contributed by atoms with Crippen LogP contribution in [0.5, 0.6) is 0 Å². The number of nitrogens with one attached hydrogen (secondary N) is 1. The number of rotatable bonds is 10. The molecule has 0 aliphatic rings. The first kappa shape index (κ1) is 16.2. The maximum atomic E-state index is 9.40. The second-order valence-corrected chi connectivity index (χ2v) is 5.29. The van der Waals surface area contributed by atoms with Gasteiger partial charge in [-0.05, 0) is 38.3 Å². The van der Waals surface area contributed by atoms with Gasteiger partial charge in [0.2, 0.25) is 0 Å². The summed E-state index contributed by atoms with van der Waals surface area (Å²) in [6.07, 6.45) is 3.11. The van der Waals surface area contributed by atoms with Crippen molar-refractivity contribution in [3.05, 3.63) is 35.9 Å². The van der Waals surface area contributed by atoms with Gasteiger partial charge < -0.3 is 15.2 Å². The normalized spacial score (nSPS) is 14.3. The summed E-state index contributed by atoms with van der Waals surface area (Å²) < 4.78 is 5.69. The van der Waals surface area contributed by atoms with Crippen molar-refractivity contribution >= 4 is 0 Å². The van der Waals surface area contributed by atoms with Crippen molar-refractivity contribution < 1.29 is 9.84 Å². The lowest BCUT2D eigenvalue weighted by atomic mass is 10.1. The Morgan fingerprint density at radius 1 is 1.26 bits per heavy atom. The molecule has 2 N–H and O–H groups in total. The molecule has 0 amide bonds. The first-order chi connectivity index (χ1) is 9.20. The average Bonchev–Trinajstić information content (AvgIpc) is 2.46. The van der Waals surface area contributed by atoms with E-state index in [1.165, 1.54) is 5.56 Å². The molecule has 0 heterocycles. The fourth-order valence-electron chi connectivity index (χ4n) is 1.90. The summed E-state index contributed by atoms with van der Waals surface area (Å²) in [4.78, 5) is 0. The molecule has 1 rings (SSSR count). The Hall–Kier alpha value is -0.900. The Kier molecular flexibility index (Phi) is 7.72. The Morgan fingerprint density at radius 2 is 2.00 bits per heavy atom. The quantitative estimate of drug-likeness (QED) is 0.638. The standard InChI is InChI=1S/C16H27NO2/c1-3-11-17-16(2,13-18)14-19-12-7-10-15-8-5-4-6-9-15/h4-6,8-9,17-18H,3,7,10-14H2,1-2H3. The van der Waals surface area contributed by atoms with Gasteiger partial charge in [-0.1, -0.05) is 37.3 Å². The van der Waals surface area contributed by atoms with Crippen molar-refractivity contribution in [3.8, 4) is 0 Å². The van der Waals surface area contributed by atoms with Gasteiger partial charge in [0.1, 0.15) is 0 Å². The molecule has 1 atom stereocenters. The predicted octanol–water partition coefficient (Wildman–Crippen LogP) is 2.39. The van der Waals surface area contributed by atoms with E-state index in [4.69, 9.17) is 4.74 Å². The van der Waals surface area contributed by atoms with Crippen LogP contribution in [0, 0.1) is 0 Å². The summed E-state index contributed by atoms with van der Waals surface area (Å²) in [7, 11) is 0. The van der Waals surface area contributed by atoms with Crippen LogP contribution in [-0.4, -0.2) is 37.0 Å². The van der Waals surface area contributed by atoms with Gasteiger partial charge in [0.15, 0.2) is 0 Å². The van der Waals surface area contributed by atoms with Crippen LogP contribution < -0.4 is 5.32 Å². The monoisotopic (exact) mass is 265 g/mol. The third kappa shape index (κ3) is 6.71. The van der Waals surface area contributed by atoms with E-state index in [2.05, 4.69) is 36.5 Å². The fraction of sp³-hybridized carbons (Fsp3) is 0.625. The Labute approximate surface area is 117 Å². The van der Waals surface area contributed by atoms with E-state index in [0.29, 0.717) is 6.61 Å². The lowest BCUT2D eigenvalue weighted by Gasteiger charge is -2.28. The van der Waals surface area contributed by atoms with Crippen LogP contribution >= 0.6 is 0 Å². The van der Waals surface area contributed by atoms with Crippen molar-refractivity contribution in [1.29, 1.82) is 0 Å². The predicted molar refractivity (Wildman–Crippen MR) is 79.4 cm³/mol. The van der Waals surface area contributed by atoms with Crippen molar-refractivity contribution in [3.63, 3.8) is 0 Å². The highest BCUT2D eigenvalue weighted by Gasteiger charge is 2.22. The molecule has 0 saturated carbocycles. The summed E-state index contributed by atoms with van der Waals surface area (Å²) in [5.74, 6) is 0. The third-order valence-electron chi connectivity index (χ3n) is 3.17. The molecule has 0 aliphatic heterocycles. The van der Waals surface area contributed by atoms with Gasteiger partial charge in [0.05, 0.1) is 18.8 Å². The first-order valence-electron chi connectivity index (χ1n) is 7.18. The minimum atomic E-state index is -0.317. The summed E-state index contributed by atoms with van der Waals surface area (Å²) in [5.41, 5.74) is 1.03. The van der Waals surface area contributed by atoms with Gasteiger partial charge >= 0.3 is 0 Å². The maximum Gasteiger partial charge on any atom is 0.0668 e. The highest BCUT2D eigenvalue weighted by molar-refractivity contribution is 5.14. The van der Waals surface area contributed by atoms with Gasteiger partial charge in [0, 0.05) is 6.61 Å². The lowest BCUT2D eigenvalue weighted by molar-refractivity contribution is 0.0436. The molecule has 0 aromatic heterocycles. The molecule has 0 aliphatic carbocycles. The van der Waals surface area contributed by atoms with Gasteiger partial charge in [-0.2, -0.15) is 0 Å². The minimum absolute atomic E-state index is 0.103. The molecule has 1 aromatic rings. The van der Waals surface area contributed by atoms with Gasteiger partial charge in [-0.15, -0.1) is 0 Å². The Morgan fingerprint density at radius 3 is 2.63 bits per heavy atom. The van der Waals surface area contributed by atoms with E-state index in [1.807, 2.05) is 13.0 Å². The van der Waals surface area contributed by atoms with Gasteiger partial charge in [0.25, 0.3) is 0 Å². The van der Waals surface area contributed by atoms with E-state index in [9.17, 15) is 5.11 Å². The number of aliphatic hydroxyl groups is 1. The number of aryl methyl sites for hydroxylation is 1. The van der Waals surface area contributed by atoms with Gasteiger partial charge in [-0.25, -0.2) is 0 Å². The van der Waals surface area contributed by atoms with E-state index in [0.717, 1.165) is 32.4 Å². The second-order valence-electron chi connectivity index (χ2n) is 5.29. The van der Waals surface area contributed by atoms with Gasteiger partial charge in [-0.3, -0.25) is 0 Å². The molecular formula is C16H27NO2. The molecule has 3 nitrogen and oxygen atoms in total. The molecule has 0 bridgehead atoms. The highest BCUT2D eigenvalue weighted by Crippen LogP contribution is 2.06. The van der Waals surface area contributed by atoms with E-state index < -0.39 is 0 Å². The summed E-state index contributed by atoms with van der Waals surface area (Å²) in [6, 6.07) is 10.4. The third-order valence-corrected chi connectivity index (χ3v) is 3.17. The van der Waals surface area contributed by atoms with Crippen LogP contribution in [0.2, 0.25) is 0 Å². The van der Waals surface area contributed by atoms with Crippen LogP contribution in [-0.2, 0) is 11.2 Å². The number of ether oxygens (including phenoxy) is 1. The summed E-state index contributed by atoms with van der Waals surface area (Å²) in [6.45, 7) is 6.41. The van der Waals surface area contributed by atoms with E-state index in [1.54, 1.807) is 0 Å². The van der Waals surface area contributed by atoms with Crippen molar-refractivity contribution in [2.45, 2.75) is 38.6 Å². The fourth-order valence-corrected chi connectivity index (χ4v) is 1.90. The van der Waals surface area contributed by atoms with Crippen molar-refractivity contribution in [2.75, 3.05) is 26.4 Å². The number of hydrogen-bond donors (Lipinski definition) is 2. The molecule has 1 aromatic carbocycles. The molecule has 0 radical (unpaired) electrons. The second kappa shape index (κ2) is 9.08. The summed E-state index contributed by atoms with van der Waals surface area (Å²) in [5, 5.41) is 12.7. The van der Waals surface area contributed by atoms with Crippen LogP contribution in [0.25, 0.3) is 0 Å². The Balaban J connectivity index is 2.15. The molecule has 108 valence electrons. The lowest BCUT2D eigenvalue weighted by Crippen LogP contribution is -2.50. The number of hydrogen-bond acceptors (Lipinski definition) is 3. The van der Waals surface area contributed by atoms with Crippen molar-refractivity contribution in [2.24, 2.45) is 0 Å². The minimum Gasteiger partial charge on any atom is -0.394 e.